The number of rotatable bonds is 3. The van der Waals surface area contributed by atoms with Gasteiger partial charge in [-0.05, 0) is 25.7 Å². The third-order valence-electron chi connectivity index (χ3n) is 5.44. The number of ether oxygens (including phenoxy) is 4. The summed E-state index contributed by atoms with van der Waals surface area (Å²) in [5.41, 5.74) is 1.60. The SMILES string of the molecule is C[C@@H](Oc1cc(Cl)nc2c1CCOC21CCOC1)C1CCOCC1. The van der Waals surface area contributed by atoms with Gasteiger partial charge in [-0.1, -0.05) is 11.6 Å². The van der Waals surface area contributed by atoms with E-state index in [9.17, 15) is 0 Å². The van der Waals surface area contributed by atoms with Gasteiger partial charge in [0, 0.05) is 44.3 Å². The van der Waals surface area contributed by atoms with Crippen LogP contribution in [0.2, 0.25) is 5.15 Å². The van der Waals surface area contributed by atoms with Crippen LogP contribution in [0.4, 0.5) is 0 Å². The van der Waals surface area contributed by atoms with Crippen LogP contribution >= 0.6 is 11.6 Å². The Morgan fingerprint density at radius 3 is 2.83 bits per heavy atom. The second kappa shape index (κ2) is 6.79. The van der Waals surface area contributed by atoms with Gasteiger partial charge in [0.25, 0.3) is 0 Å². The molecule has 1 spiro atoms. The van der Waals surface area contributed by atoms with Gasteiger partial charge < -0.3 is 18.9 Å². The minimum absolute atomic E-state index is 0.134. The third kappa shape index (κ3) is 3.03. The van der Waals surface area contributed by atoms with Crippen molar-refractivity contribution in [2.45, 2.75) is 44.3 Å². The van der Waals surface area contributed by atoms with E-state index in [0.717, 1.165) is 55.9 Å². The molecule has 1 unspecified atom stereocenters. The topological polar surface area (TPSA) is 49.8 Å². The van der Waals surface area contributed by atoms with Gasteiger partial charge in [0.2, 0.25) is 0 Å². The first-order valence-corrected chi connectivity index (χ1v) is 9.22. The average molecular weight is 354 g/mol. The van der Waals surface area contributed by atoms with Crippen molar-refractivity contribution in [2.24, 2.45) is 5.92 Å². The summed E-state index contributed by atoms with van der Waals surface area (Å²) < 4.78 is 23.5. The Hall–Kier alpha value is -0.880. The number of aromatic nitrogens is 1. The molecule has 3 aliphatic rings. The fourth-order valence-corrected chi connectivity index (χ4v) is 4.17. The van der Waals surface area contributed by atoms with E-state index in [1.165, 1.54) is 0 Å². The number of pyridine rings is 1. The van der Waals surface area contributed by atoms with Gasteiger partial charge in [0.1, 0.15) is 16.5 Å². The van der Waals surface area contributed by atoms with Crippen LogP contribution in [0, 0.1) is 5.92 Å². The van der Waals surface area contributed by atoms with E-state index >= 15 is 0 Å². The molecule has 24 heavy (non-hydrogen) atoms. The van der Waals surface area contributed by atoms with Crippen molar-refractivity contribution in [1.29, 1.82) is 0 Å². The predicted molar refractivity (Wildman–Crippen MR) is 89.7 cm³/mol. The van der Waals surface area contributed by atoms with Gasteiger partial charge in [-0.25, -0.2) is 4.98 Å². The van der Waals surface area contributed by atoms with E-state index in [1.807, 2.05) is 6.07 Å². The second-order valence-electron chi connectivity index (χ2n) is 6.94. The molecule has 3 aliphatic heterocycles. The maximum Gasteiger partial charge on any atom is 0.136 e. The Morgan fingerprint density at radius 2 is 2.08 bits per heavy atom. The maximum atomic E-state index is 6.36. The summed E-state index contributed by atoms with van der Waals surface area (Å²) in [4.78, 5) is 4.59. The molecule has 0 aliphatic carbocycles. The first-order valence-electron chi connectivity index (χ1n) is 8.84. The molecule has 0 saturated carbocycles. The Kier molecular flexibility index (Phi) is 4.69. The highest BCUT2D eigenvalue weighted by Gasteiger charge is 2.44. The van der Waals surface area contributed by atoms with Gasteiger partial charge in [-0.15, -0.1) is 0 Å². The molecule has 0 N–H and O–H groups in total. The number of halogens is 1. The van der Waals surface area contributed by atoms with Crippen LogP contribution in [-0.2, 0) is 26.2 Å². The molecule has 6 heteroatoms. The van der Waals surface area contributed by atoms with Crippen molar-refractivity contribution in [1.82, 2.24) is 4.98 Å². The molecule has 1 aromatic rings. The van der Waals surface area contributed by atoms with Crippen molar-refractivity contribution < 1.29 is 18.9 Å². The lowest BCUT2D eigenvalue weighted by Gasteiger charge is -2.35. The number of hydrogen-bond acceptors (Lipinski definition) is 5. The normalized spacial score (nSPS) is 28.8. The van der Waals surface area contributed by atoms with E-state index in [2.05, 4.69) is 11.9 Å². The summed E-state index contributed by atoms with van der Waals surface area (Å²) in [6.07, 6.45) is 3.85. The number of hydrogen-bond donors (Lipinski definition) is 0. The summed E-state index contributed by atoms with van der Waals surface area (Å²) in [6.45, 7) is 5.69. The van der Waals surface area contributed by atoms with Crippen LogP contribution in [0.5, 0.6) is 5.75 Å². The molecule has 2 fully saturated rings. The fraction of sp³-hybridized carbons (Fsp3) is 0.722. The zero-order valence-corrected chi connectivity index (χ0v) is 14.8. The van der Waals surface area contributed by atoms with Crippen molar-refractivity contribution in [3.05, 3.63) is 22.5 Å². The fourth-order valence-electron chi connectivity index (χ4n) is 3.99. The molecule has 4 rings (SSSR count). The van der Waals surface area contributed by atoms with Crippen molar-refractivity contribution in [3.63, 3.8) is 0 Å². The van der Waals surface area contributed by atoms with E-state index in [4.69, 9.17) is 30.5 Å². The lowest BCUT2D eigenvalue weighted by Crippen LogP contribution is -2.38. The quantitative estimate of drug-likeness (QED) is 0.781. The highest BCUT2D eigenvalue weighted by Crippen LogP contribution is 2.43. The summed E-state index contributed by atoms with van der Waals surface area (Å²) >= 11 is 6.31. The van der Waals surface area contributed by atoms with Crippen LogP contribution in [-0.4, -0.2) is 44.1 Å². The standard InChI is InChI=1S/C18H24ClNO4/c1-12(13-2-6-21-7-3-13)24-15-10-16(19)20-17-14(15)4-8-23-18(17)5-9-22-11-18/h10,12-13H,2-9,11H2,1H3/t12-,18?/m1/s1. The monoisotopic (exact) mass is 353 g/mol. The van der Waals surface area contributed by atoms with E-state index in [0.29, 0.717) is 30.9 Å². The number of nitrogens with zero attached hydrogens (tertiary/aromatic N) is 1. The first-order chi connectivity index (χ1) is 11.7. The van der Waals surface area contributed by atoms with E-state index < -0.39 is 5.60 Å². The molecule has 1 aromatic heterocycles. The van der Waals surface area contributed by atoms with Crippen molar-refractivity contribution >= 4 is 11.6 Å². The van der Waals surface area contributed by atoms with Crippen LogP contribution in [0.1, 0.15) is 37.4 Å². The Morgan fingerprint density at radius 1 is 1.25 bits per heavy atom. The smallest absolute Gasteiger partial charge is 0.136 e. The molecule has 2 saturated heterocycles. The molecule has 0 bridgehead atoms. The summed E-state index contributed by atoms with van der Waals surface area (Å²) in [5, 5.41) is 0.458. The summed E-state index contributed by atoms with van der Waals surface area (Å²) in [6, 6.07) is 1.85. The summed E-state index contributed by atoms with van der Waals surface area (Å²) in [5.74, 6) is 1.38. The predicted octanol–water partition coefficient (Wildman–Crippen LogP) is 3.12. The van der Waals surface area contributed by atoms with E-state index in [-0.39, 0.29) is 6.10 Å². The van der Waals surface area contributed by atoms with Gasteiger partial charge in [0.15, 0.2) is 0 Å². The zero-order chi connectivity index (χ0) is 16.6. The molecule has 0 aromatic carbocycles. The minimum atomic E-state index is -0.446. The molecule has 5 nitrogen and oxygen atoms in total. The molecule has 2 atom stereocenters. The average Bonchev–Trinajstić information content (AvgIpc) is 3.06. The van der Waals surface area contributed by atoms with E-state index in [1.54, 1.807) is 0 Å². The van der Waals surface area contributed by atoms with Gasteiger partial charge in [-0.3, -0.25) is 0 Å². The third-order valence-corrected chi connectivity index (χ3v) is 5.64. The van der Waals surface area contributed by atoms with Gasteiger partial charge in [0.05, 0.1) is 25.0 Å². The van der Waals surface area contributed by atoms with Crippen molar-refractivity contribution in [2.75, 3.05) is 33.0 Å². The Labute approximate surface area is 147 Å². The van der Waals surface area contributed by atoms with Crippen molar-refractivity contribution in [3.8, 4) is 5.75 Å². The molecule has 4 heterocycles. The molecular formula is C18H24ClNO4. The highest BCUT2D eigenvalue weighted by molar-refractivity contribution is 6.29. The Balaban J connectivity index is 1.63. The van der Waals surface area contributed by atoms with Gasteiger partial charge >= 0.3 is 0 Å². The summed E-state index contributed by atoms with van der Waals surface area (Å²) in [7, 11) is 0. The van der Waals surface area contributed by atoms with Crippen LogP contribution < -0.4 is 4.74 Å². The lowest BCUT2D eigenvalue weighted by molar-refractivity contribution is -0.0673. The second-order valence-corrected chi connectivity index (χ2v) is 7.33. The minimum Gasteiger partial charge on any atom is -0.490 e. The lowest BCUT2D eigenvalue weighted by atomic mass is 9.89. The first kappa shape index (κ1) is 16.6. The zero-order valence-electron chi connectivity index (χ0n) is 14.1. The molecular weight excluding hydrogens is 330 g/mol. The van der Waals surface area contributed by atoms with Crippen LogP contribution in [0.3, 0.4) is 0 Å². The molecule has 132 valence electrons. The van der Waals surface area contributed by atoms with Gasteiger partial charge in [-0.2, -0.15) is 0 Å². The van der Waals surface area contributed by atoms with Crippen LogP contribution in [0.15, 0.2) is 6.07 Å². The largest absolute Gasteiger partial charge is 0.490 e. The molecule has 0 radical (unpaired) electrons. The highest BCUT2D eigenvalue weighted by atomic mass is 35.5. The Bertz CT molecular complexity index is 597. The molecule has 0 amide bonds. The number of fused-ring (bicyclic) bond motifs is 2. The maximum absolute atomic E-state index is 6.36. The van der Waals surface area contributed by atoms with Crippen LogP contribution in [0.25, 0.3) is 0 Å².